The van der Waals surface area contributed by atoms with Crippen LogP contribution in [0.25, 0.3) is 0 Å². The van der Waals surface area contributed by atoms with E-state index in [-0.39, 0.29) is 0 Å². The Hall–Kier alpha value is -0.543. The van der Waals surface area contributed by atoms with Crippen LogP contribution in [0.1, 0.15) is 31.7 Å². The summed E-state index contributed by atoms with van der Waals surface area (Å²) in [5.41, 5.74) is 1.21. The van der Waals surface area contributed by atoms with E-state index in [1.165, 1.54) is 29.7 Å². The predicted octanol–water partition coefficient (Wildman–Crippen LogP) is 5.22. The molecule has 1 nitrogen and oxygen atoms in total. The van der Waals surface area contributed by atoms with Gasteiger partial charge in [-0.1, -0.05) is 51.5 Å². The third-order valence-corrected chi connectivity index (χ3v) is 6.10. The van der Waals surface area contributed by atoms with Crippen molar-refractivity contribution in [3.63, 3.8) is 0 Å². The molecule has 0 fully saturated rings. The zero-order valence-electron chi connectivity index (χ0n) is 12.1. The van der Waals surface area contributed by atoms with Gasteiger partial charge >= 0.3 is 0 Å². The molecule has 0 unspecified atom stereocenters. The first-order valence-electron chi connectivity index (χ1n) is 6.80. The lowest BCUT2D eigenvalue weighted by Crippen LogP contribution is -2.13. The molecule has 0 amide bonds. The van der Waals surface area contributed by atoms with Gasteiger partial charge in [0.2, 0.25) is 0 Å². The van der Waals surface area contributed by atoms with Gasteiger partial charge in [0, 0.05) is 17.7 Å². The van der Waals surface area contributed by atoms with Crippen molar-refractivity contribution in [2.24, 2.45) is 4.99 Å². The van der Waals surface area contributed by atoms with Crippen LogP contribution >= 0.6 is 11.2 Å². The van der Waals surface area contributed by atoms with Gasteiger partial charge in [-0.25, -0.2) is 0 Å². The van der Waals surface area contributed by atoms with Gasteiger partial charge in [0.25, 0.3) is 0 Å². The van der Waals surface area contributed by atoms with E-state index >= 15 is 0 Å². The van der Waals surface area contributed by atoms with Crippen molar-refractivity contribution in [2.75, 3.05) is 6.54 Å². The zero-order valence-corrected chi connectivity index (χ0v) is 13.9. The van der Waals surface area contributed by atoms with Gasteiger partial charge in [-0.2, -0.15) is 11.2 Å². The molecule has 0 saturated carbocycles. The molecular weight excluding hydrogens is 254 g/mol. The van der Waals surface area contributed by atoms with Crippen LogP contribution in [0.4, 0.5) is 0 Å². The molecule has 0 aromatic heterocycles. The Morgan fingerprint density at radius 2 is 1.78 bits per heavy atom. The number of aliphatic imine (C=N–C) groups is 1. The number of nitrogens with zero attached hydrogens (tertiary/aromatic N) is 1. The Labute approximate surface area is 117 Å². The topological polar surface area (TPSA) is 12.4 Å². The molecule has 1 aromatic carbocycles. The standard InChI is InChI=1S/C15H25NSSi/c1-5-6-7-12-16-13-14-8-10-15(11-9-14)17-18(2,3)4/h8-11,13H,5-7,12H2,1-4H3. The van der Waals surface area contributed by atoms with Crippen LogP contribution in [0.5, 0.6) is 0 Å². The number of rotatable bonds is 7. The van der Waals surface area contributed by atoms with Crippen molar-refractivity contribution in [3.05, 3.63) is 29.8 Å². The second-order valence-electron chi connectivity index (χ2n) is 5.53. The van der Waals surface area contributed by atoms with E-state index in [4.69, 9.17) is 0 Å². The van der Waals surface area contributed by atoms with Crippen LogP contribution in [0.3, 0.4) is 0 Å². The lowest BCUT2D eigenvalue weighted by atomic mass is 10.2. The molecule has 0 heterocycles. The summed E-state index contributed by atoms with van der Waals surface area (Å²) in [5.74, 6) is 0. The Balaban J connectivity index is 2.45. The van der Waals surface area contributed by atoms with E-state index in [2.05, 4.69) is 55.8 Å². The Kier molecular flexibility index (Phi) is 6.72. The summed E-state index contributed by atoms with van der Waals surface area (Å²) in [6, 6.07) is 8.78. The molecule has 0 atom stereocenters. The Bertz CT molecular complexity index is 365. The first kappa shape index (κ1) is 15.5. The molecular formula is C15H25NSSi. The molecule has 1 aromatic rings. The molecule has 1 rings (SSSR count). The van der Waals surface area contributed by atoms with Crippen LogP contribution in [-0.2, 0) is 0 Å². The van der Waals surface area contributed by atoms with E-state index in [1.54, 1.807) is 0 Å². The lowest BCUT2D eigenvalue weighted by Gasteiger charge is -2.14. The van der Waals surface area contributed by atoms with Crippen LogP contribution in [-0.4, -0.2) is 20.0 Å². The molecule has 0 radical (unpaired) electrons. The van der Waals surface area contributed by atoms with Crippen LogP contribution in [0.15, 0.2) is 34.2 Å². The van der Waals surface area contributed by atoms with Gasteiger partial charge in [0.1, 0.15) is 7.22 Å². The largest absolute Gasteiger partial charge is 0.293 e. The summed E-state index contributed by atoms with van der Waals surface area (Å²) in [6.45, 7) is 10.3. The van der Waals surface area contributed by atoms with E-state index in [0.29, 0.717) is 0 Å². The highest BCUT2D eigenvalue weighted by molar-refractivity contribution is 8.28. The van der Waals surface area contributed by atoms with Crippen molar-refractivity contribution < 1.29 is 0 Å². The maximum absolute atomic E-state index is 4.46. The summed E-state index contributed by atoms with van der Waals surface area (Å²) < 4.78 is 0. The quantitative estimate of drug-likeness (QED) is 0.378. The minimum absolute atomic E-state index is 0.958. The number of benzene rings is 1. The highest BCUT2D eigenvalue weighted by Crippen LogP contribution is 2.28. The van der Waals surface area contributed by atoms with E-state index in [9.17, 15) is 0 Å². The Morgan fingerprint density at radius 3 is 2.33 bits per heavy atom. The summed E-state index contributed by atoms with van der Waals surface area (Å²) >= 11 is 2.04. The minimum Gasteiger partial charge on any atom is -0.293 e. The summed E-state index contributed by atoms with van der Waals surface area (Å²) in [5, 5.41) is 0. The summed E-state index contributed by atoms with van der Waals surface area (Å²) in [6.07, 6.45) is 5.75. The second-order valence-corrected chi connectivity index (χ2v) is 14.7. The number of hydrogen-bond donors (Lipinski definition) is 0. The zero-order chi connectivity index (χ0) is 13.4. The van der Waals surface area contributed by atoms with Gasteiger partial charge in [-0.05, 0) is 24.1 Å². The molecule has 0 bridgehead atoms. The van der Waals surface area contributed by atoms with Crippen molar-refractivity contribution in [3.8, 4) is 0 Å². The van der Waals surface area contributed by atoms with Crippen LogP contribution in [0.2, 0.25) is 19.6 Å². The third kappa shape index (κ3) is 7.02. The van der Waals surface area contributed by atoms with Crippen molar-refractivity contribution in [1.29, 1.82) is 0 Å². The van der Waals surface area contributed by atoms with Crippen molar-refractivity contribution in [1.82, 2.24) is 0 Å². The SMILES string of the molecule is CCCCCN=Cc1ccc(S[Si](C)(C)C)cc1. The highest BCUT2D eigenvalue weighted by atomic mass is 32.4. The maximum Gasteiger partial charge on any atom is 0.114 e. The van der Waals surface area contributed by atoms with E-state index < -0.39 is 7.22 Å². The first-order chi connectivity index (χ1) is 8.51. The molecule has 100 valence electrons. The van der Waals surface area contributed by atoms with Gasteiger partial charge in [0.15, 0.2) is 0 Å². The molecule has 0 spiro atoms. The summed E-state index contributed by atoms with van der Waals surface area (Å²) in [4.78, 5) is 5.85. The third-order valence-electron chi connectivity index (χ3n) is 2.44. The van der Waals surface area contributed by atoms with Gasteiger partial charge in [0.05, 0.1) is 0 Å². The fourth-order valence-electron chi connectivity index (χ4n) is 1.60. The van der Waals surface area contributed by atoms with Crippen LogP contribution in [0, 0.1) is 0 Å². The smallest absolute Gasteiger partial charge is 0.114 e. The van der Waals surface area contributed by atoms with Gasteiger partial charge < -0.3 is 0 Å². The van der Waals surface area contributed by atoms with E-state index in [0.717, 1.165) is 6.54 Å². The first-order valence-corrected chi connectivity index (χ1v) is 11.8. The molecule has 0 N–H and O–H groups in total. The Morgan fingerprint density at radius 1 is 1.11 bits per heavy atom. The number of hydrogen-bond acceptors (Lipinski definition) is 2. The molecule has 18 heavy (non-hydrogen) atoms. The second kappa shape index (κ2) is 7.80. The normalized spacial score (nSPS) is 12.2. The highest BCUT2D eigenvalue weighted by Gasteiger charge is 2.14. The van der Waals surface area contributed by atoms with E-state index in [1.807, 2.05) is 17.4 Å². The molecule has 0 saturated heterocycles. The maximum atomic E-state index is 4.46. The predicted molar refractivity (Wildman–Crippen MR) is 87.6 cm³/mol. The van der Waals surface area contributed by atoms with Gasteiger partial charge in [-0.3, -0.25) is 4.99 Å². The van der Waals surface area contributed by atoms with Gasteiger partial charge in [-0.15, -0.1) is 0 Å². The van der Waals surface area contributed by atoms with Crippen molar-refractivity contribution >= 4 is 24.6 Å². The monoisotopic (exact) mass is 279 g/mol. The molecule has 0 aliphatic heterocycles. The summed E-state index contributed by atoms with van der Waals surface area (Å²) in [7, 11) is -1.07. The lowest BCUT2D eigenvalue weighted by molar-refractivity contribution is 0.729. The van der Waals surface area contributed by atoms with Crippen LogP contribution < -0.4 is 0 Å². The number of unbranched alkanes of at least 4 members (excludes halogenated alkanes) is 2. The average molecular weight is 280 g/mol. The minimum atomic E-state index is -1.07. The molecule has 0 aliphatic carbocycles. The average Bonchev–Trinajstić information content (AvgIpc) is 2.29. The fourth-order valence-corrected chi connectivity index (χ4v) is 5.11. The van der Waals surface area contributed by atoms with Crippen molar-refractivity contribution in [2.45, 2.75) is 50.7 Å². The molecule has 3 heteroatoms. The fraction of sp³-hybridized carbons (Fsp3) is 0.533. The molecule has 0 aliphatic rings.